The molecule has 94 valence electrons. The number of carboxylic acid groups (broad SMARTS) is 1. The van der Waals surface area contributed by atoms with Crippen LogP contribution in [-0.4, -0.2) is 53.5 Å². The van der Waals surface area contributed by atoms with Gasteiger partial charge in [-0.1, -0.05) is 6.92 Å². The van der Waals surface area contributed by atoms with Gasteiger partial charge in [0.05, 0.1) is 5.92 Å². The minimum Gasteiger partial charge on any atom is -0.481 e. The zero-order valence-corrected chi connectivity index (χ0v) is 9.23. The van der Waals surface area contributed by atoms with E-state index in [0.29, 0.717) is 0 Å². The van der Waals surface area contributed by atoms with Crippen molar-refractivity contribution < 1.29 is 24.3 Å². The minimum absolute atomic E-state index is 0.0551. The summed E-state index contributed by atoms with van der Waals surface area (Å²) in [6, 6.07) is -0.624. The fourth-order valence-corrected chi connectivity index (χ4v) is 1.22. The number of rotatable bonds is 3. The number of hydrogen-bond donors (Lipinski definition) is 3. The largest absolute Gasteiger partial charge is 0.481 e. The molecule has 1 fully saturated rings. The topological polar surface area (TPSA) is 116 Å². The zero-order valence-electron chi connectivity index (χ0n) is 9.23. The van der Waals surface area contributed by atoms with Gasteiger partial charge in [-0.2, -0.15) is 0 Å². The summed E-state index contributed by atoms with van der Waals surface area (Å²) in [5, 5.41) is 13.0. The minimum atomic E-state index is -1.03. The Labute approximate surface area is 97.0 Å². The average molecular weight is 243 g/mol. The molecule has 0 radical (unpaired) electrons. The molecule has 1 aliphatic heterocycles. The van der Waals surface area contributed by atoms with E-state index >= 15 is 0 Å². The van der Waals surface area contributed by atoms with E-state index in [-0.39, 0.29) is 19.6 Å². The molecule has 1 atom stereocenters. The lowest BCUT2D eigenvalue weighted by Gasteiger charge is -2.25. The summed E-state index contributed by atoms with van der Waals surface area (Å²) < 4.78 is 0. The third kappa shape index (κ3) is 3.74. The Hall–Kier alpha value is -2.12. The first-order chi connectivity index (χ1) is 7.90. The summed E-state index contributed by atoms with van der Waals surface area (Å²) in [4.78, 5) is 45.0. The first-order valence-electron chi connectivity index (χ1n) is 4.98. The second-order valence-corrected chi connectivity index (χ2v) is 3.75. The van der Waals surface area contributed by atoms with E-state index in [1.54, 1.807) is 0 Å². The molecule has 1 rings (SSSR count). The van der Waals surface area contributed by atoms with Crippen molar-refractivity contribution in [1.82, 2.24) is 15.5 Å². The number of amides is 4. The van der Waals surface area contributed by atoms with E-state index in [4.69, 9.17) is 5.11 Å². The van der Waals surface area contributed by atoms with Gasteiger partial charge in [0, 0.05) is 6.54 Å². The maximum absolute atomic E-state index is 11.5. The molecular formula is C9H13N3O5. The van der Waals surface area contributed by atoms with E-state index < -0.39 is 29.7 Å². The van der Waals surface area contributed by atoms with E-state index in [1.165, 1.54) is 6.92 Å². The lowest BCUT2D eigenvalue weighted by atomic mass is 10.2. The number of carbonyl (C=O) groups is 4. The number of nitrogens with zero attached hydrogens (tertiary/aromatic N) is 1. The highest BCUT2D eigenvalue weighted by Crippen LogP contribution is 1.97. The van der Waals surface area contributed by atoms with E-state index in [1.807, 2.05) is 0 Å². The summed E-state index contributed by atoms with van der Waals surface area (Å²) in [6.45, 7) is 0.967. The van der Waals surface area contributed by atoms with Crippen LogP contribution in [0.15, 0.2) is 0 Å². The monoisotopic (exact) mass is 243 g/mol. The Bertz CT molecular complexity index is 352. The molecule has 8 heteroatoms. The number of carbonyl (C=O) groups excluding carboxylic acids is 3. The number of hydrogen-bond acceptors (Lipinski definition) is 4. The van der Waals surface area contributed by atoms with Gasteiger partial charge in [0.1, 0.15) is 13.1 Å². The highest BCUT2D eigenvalue weighted by atomic mass is 16.4. The van der Waals surface area contributed by atoms with Gasteiger partial charge in [-0.15, -0.1) is 0 Å². The first kappa shape index (κ1) is 12.9. The summed E-state index contributed by atoms with van der Waals surface area (Å²) in [5.74, 6) is -2.86. The number of piperazine rings is 1. The van der Waals surface area contributed by atoms with Crippen LogP contribution in [0.25, 0.3) is 0 Å². The van der Waals surface area contributed by atoms with Gasteiger partial charge < -0.3 is 15.3 Å². The molecule has 8 nitrogen and oxygen atoms in total. The van der Waals surface area contributed by atoms with Crippen LogP contribution in [-0.2, 0) is 14.4 Å². The van der Waals surface area contributed by atoms with Crippen molar-refractivity contribution in [1.29, 1.82) is 0 Å². The fourth-order valence-electron chi connectivity index (χ4n) is 1.22. The van der Waals surface area contributed by atoms with Gasteiger partial charge in [-0.25, -0.2) is 4.79 Å². The summed E-state index contributed by atoms with van der Waals surface area (Å²) in [6.07, 6.45) is 0. The number of carboxylic acids is 1. The summed E-state index contributed by atoms with van der Waals surface area (Å²) >= 11 is 0. The average Bonchev–Trinajstić information content (AvgIpc) is 2.23. The van der Waals surface area contributed by atoms with Crippen molar-refractivity contribution in [2.24, 2.45) is 5.92 Å². The van der Waals surface area contributed by atoms with Crippen molar-refractivity contribution in [3.8, 4) is 0 Å². The molecule has 0 bridgehead atoms. The van der Waals surface area contributed by atoms with Crippen LogP contribution in [0.3, 0.4) is 0 Å². The molecule has 1 saturated heterocycles. The molecule has 17 heavy (non-hydrogen) atoms. The molecule has 0 aromatic rings. The van der Waals surface area contributed by atoms with Crippen molar-refractivity contribution in [3.05, 3.63) is 0 Å². The van der Waals surface area contributed by atoms with E-state index in [9.17, 15) is 19.2 Å². The molecule has 0 spiro atoms. The second-order valence-electron chi connectivity index (χ2n) is 3.75. The molecule has 0 aromatic heterocycles. The number of imide groups is 1. The van der Waals surface area contributed by atoms with Crippen molar-refractivity contribution in [2.45, 2.75) is 6.92 Å². The summed E-state index contributed by atoms with van der Waals surface area (Å²) in [7, 11) is 0. The molecule has 1 unspecified atom stereocenters. The van der Waals surface area contributed by atoms with Crippen LogP contribution in [0, 0.1) is 5.92 Å². The van der Waals surface area contributed by atoms with Crippen LogP contribution >= 0.6 is 0 Å². The molecule has 1 aliphatic rings. The van der Waals surface area contributed by atoms with Crippen LogP contribution in [0.4, 0.5) is 4.79 Å². The van der Waals surface area contributed by atoms with Gasteiger partial charge in [0.15, 0.2) is 0 Å². The van der Waals surface area contributed by atoms with Gasteiger partial charge in [0.2, 0.25) is 11.8 Å². The Kier molecular flexibility index (Phi) is 4.02. The molecule has 3 N–H and O–H groups in total. The lowest BCUT2D eigenvalue weighted by molar-refractivity contribution is -0.141. The number of nitrogens with one attached hydrogen (secondary N) is 2. The highest BCUT2D eigenvalue weighted by Gasteiger charge is 2.26. The number of aliphatic carboxylic acids is 1. The van der Waals surface area contributed by atoms with Crippen LogP contribution in [0.2, 0.25) is 0 Å². The normalized spacial score (nSPS) is 17.4. The standard InChI is InChI=1S/C9H13N3O5/c1-5(8(15)16)2-10-9(17)12-3-6(13)11-7(14)4-12/h5H,2-4H2,1H3,(H,10,17)(H,15,16)(H,11,13,14). The van der Waals surface area contributed by atoms with Gasteiger partial charge in [-0.05, 0) is 0 Å². The van der Waals surface area contributed by atoms with Gasteiger partial charge >= 0.3 is 12.0 Å². The van der Waals surface area contributed by atoms with E-state index in [2.05, 4.69) is 10.6 Å². The van der Waals surface area contributed by atoms with Crippen molar-refractivity contribution >= 4 is 23.8 Å². The van der Waals surface area contributed by atoms with Gasteiger partial charge in [0.25, 0.3) is 0 Å². The van der Waals surface area contributed by atoms with Crippen molar-refractivity contribution in [2.75, 3.05) is 19.6 Å². The highest BCUT2D eigenvalue weighted by molar-refractivity contribution is 6.02. The van der Waals surface area contributed by atoms with E-state index in [0.717, 1.165) is 4.90 Å². The van der Waals surface area contributed by atoms with Crippen molar-refractivity contribution in [3.63, 3.8) is 0 Å². The molecule has 0 saturated carbocycles. The lowest BCUT2D eigenvalue weighted by Crippen LogP contribution is -2.56. The van der Waals surface area contributed by atoms with Crippen LogP contribution in [0.5, 0.6) is 0 Å². The maximum Gasteiger partial charge on any atom is 0.318 e. The smallest absolute Gasteiger partial charge is 0.318 e. The number of urea groups is 1. The molecule has 0 aromatic carbocycles. The quantitative estimate of drug-likeness (QED) is 0.515. The second kappa shape index (κ2) is 5.28. The molecule has 4 amide bonds. The molecule has 0 aliphatic carbocycles. The Morgan fingerprint density at radius 1 is 1.41 bits per heavy atom. The maximum atomic E-state index is 11.5. The SMILES string of the molecule is CC(CNC(=O)N1CC(=O)NC(=O)C1)C(=O)O. The first-order valence-corrected chi connectivity index (χ1v) is 4.98. The summed E-state index contributed by atoms with van der Waals surface area (Å²) in [5.41, 5.74) is 0. The van der Waals surface area contributed by atoms with Crippen LogP contribution in [0.1, 0.15) is 6.92 Å². The third-order valence-corrected chi connectivity index (χ3v) is 2.22. The Balaban J connectivity index is 2.44. The predicted octanol–water partition coefficient (Wildman–Crippen LogP) is -1.62. The Morgan fingerprint density at radius 2 is 1.94 bits per heavy atom. The Morgan fingerprint density at radius 3 is 2.41 bits per heavy atom. The molecular weight excluding hydrogens is 230 g/mol. The zero-order chi connectivity index (χ0) is 13.0. The fraction of sp³-hybridized carbons (Fsp3) is 0.556. The predicted molar refractivity (Wildman–Crippen MR) is 54.9 cm³/mol. The van der Waals surface area contributed by atoms with Gasteiger partial charge in [-0.3, -0.25) is 19.7 Å². The third-order valence-electron chi connectivity index (χ3n) is 2.22. The van der Waals surface area contributed by atoms with Crippen LogP contribution < -0.4 is 10.6 Å². The molecule has 1 heterocycles.